The average Bonchev–Trinajstić information content (AvgIpc) is 3.17. The fourth-order valence-corrected chi connectivity index (χ4v) is 4.85. The van der Waals surface area contributed by atoms with Gasteiger partial charge < -0.3 is 20.1 Å². The van der Waals surface area contributed by atoms with Gasteiger partial charge >= 0.3 is 0 Å². The van der Waals surface area contributed by atoms with Crippen molar-refractivity contribution < 1.29 is 17.9 Å². The van der Waals surface area contributed by atoms with Crippen LogP contribution >= 0.6 is 0 Å². The number of fused-ring (bicyclic) bond motifs is 1. The maximum Gasteiger partial charge on any atom is 0.241 e. The van der Waals surface area contributed by atoms with E-state index in [0.29, 0.717) is 24.6 Å². The zero-order valence-corrected chi connectivity index (χ0v) is 19.2. The molecule has 31 heavy (non-hydrogen) atoms. The normalized spacial score (nSPS) is 13.9. The van der Waals surface area contributed by atoms with Crippen LogP contribution in [0.4, 0.5) is 0 Å². The van der Waals surface area contributed by atoms with E-state index in [1.165, 1.54) is 0 Å². The number of nitrogens with zero attached hydrogens (tertiary/aromatic N) is 1. The fraction of sp³-hybridized carbons (Fsp3) is 0.409. The van der Waals surface area contributed by atoms with E-state index < -0.39 is 15.6 Å². The quantitative estimate of drug-likeness (QED) is 0.446. The first kappa shape index (κ1) is 22.9. The van der Waals surface area contributed by atoms with Crippen molar-refractivity contribution in [2.45, 2.75) is 44.2 Å². The fourth-order valence-electron chi connectivity index (χ4n) is 3.19. The van der Waals surface area contributed by atoms with E-state index in [2.05, 4.69) is 20.3 Å². The highest BCUT2D eigenvalue weighted by Gasteiger charge is 2.24. The van der Waals surface area contributed by atoms with E-state index in [1.807, 2.05) is 45.0 Å². The lowest BCUT2D eigenvalue weighted by Crippen LogP contribution is -2.41. The zero-order chi connectivity index (χ0) is 22.5. The zero-order valence-electron chi connectivity index (χ0n) is 18.4. The molecule has 2 aromatic carbocycles. The third-order valence-electron chi connectivity index (χ3n) is 4.52. The van der Waals surface area contributed by atoms with Crippen molar-refractivity contribution in [2.24, 2.45) is 4.99 Å². The highest BCUT2D eigenvalue weighted by molar-refractivity contribution is 7.89. The van der Waals surface area contributed by atoms with Crippen LogP contribution in [0.1, 0.15) is 31.9 Å². The monoisotopic (exact) mass is 446 g/mol. The van der Waals surface area contributed by atoms with Crippen LogP contribution in [-0.2, 0) is 23.0 Å². The number of aliphatic imine (C=N–C) groups is 1. The Labute approximate surface area is 184 Å². The predicted molar refractivity (Wildman–Crippen MR) is 121 cm³/mol. The Kier molecular flexibility index (Phi) is 7.07. The van der Waals surface area contributed by atoms with E-state index in [4.69, 9.17) is 9.47 Å². The van der Waals surface area contributed by atoms with Gasteiger partial charge in [-0.2, -0.15) is 0 Å². The van der Waals surface area contributed by atoms with Crippen molar-refractivity contribution in [3.63, 3.8) is 0 Å². The molecule has 1 aliphatic rings. The summed E-state index contributed by atoms with van der Waals surface area (Å²) in [6, 6.07) is 12.8. The second kappa shape index (κ2) is 9.57. The van der Waals surface area contributed by atoms with Crippen LogP contribution in [0, 0.1) is 0 Å². The van der Waals surface area contributed by atoms with E-state index in [9.17, 15) is 8.42 Å². The third kappa shape index (κ3) is 6.35. The standard InChI is InChI=1S/C22H30N4O4S/c1-22(2,3)26-31(27,28)20-8-6-5-7-17(20)14-25-21(23-4)24-12-11-16-9-10-18-19(13-16)30-15-29-18/h5-10,13,26H,11-12,14-15H2,1-4H3,(H2,23,24,25). The Morgan fingerprint density at radius 1 is 1.06 bits per heavy atom. The highest BCUT2D eigenvalue weighted by atomic mass is 32.2. The van der Waals surface area contributed by atoms with Crippen molar-refractivity contribution in [2.75, 3.05) is 20.4 Å². The number of hydrogen-bond donors (Lipinski definition) is 3. The third-order valence-corrected chi connectivity index (χ3v) is 6.37. The molecule has 168 valence electrons. The molecule has 1 heterocycles. The van der Waals surface area contributed by atoms with Crippen LogP contribution in [0.5, 0.6) is 11.5 Å². The van der Waals surface area contributed by atoms with E-state index in [1.54, 1.807) is 25.2 Å². The highest BCUT2D eigenvalue weighted by Crippen LogP contribution is 2.32. The van der Waals surface area contributed by atoms with Gasteiger partial charge in [-0.25, -0.2) is 13.1 Å². The number of hydrogen-bond acceptors (Lipinski definition) is 5. The minimum absolute atomic E-state index is 0.258. The minimum Gasteiger partial charge on any atom is -0.454 e. The summed E-state index contributed by atoms with van der Waals surface area (Å²) in [4.78, 5) is 4.49. The van der Waals surface area contributed by atoms with Crippen LogP contribution in [0.2, 0.25) is 0 Å². The number of nitrogens with one attached hydrogen (secondary N) is 3. The molecule has 0 bridgehead atoms. The summed E-state index contributed by atoms with van der Waals surface area (Å²) < 4.78 is 39.0. The molecule has 0 atom stereocenters. The Balaban J connectivity index is 1.57. The summed E-state index contributed by atoms with van der Waals surface area (Å²) >= 11 is 0. The SMILES string of the molecule is CN=C(NCCc1ccc2c(c1)OCO2)NCc1ccccc1S(=O)(=O)NC(C)(C)C. The van der Waals surface area contributed by atoms with Crippen molar-refractivity contribution in [3.8, 4) is 11.5 Å². The Morgan fingerprint density at radius 3 is 2.55 bits per heavy atom. The lowest BCUT2D eigenvalue weighted by atomic mass is 10.1. The van der Waals surface area contributed by atoms with Crippen molar-refractivity contribution in [1.29, 1.82) is 0 Å². The number of sulfonamides is 1. The lowest BCUT2D eigenvalue weighted by molar-refractivity contribution is 0.174. The molecule has 0 aliphatic carbocycles. The van der Waals surface area contributed by atoms with Gasteiger partial charge in [-0.1, -0.05) is 24.3 Å². The summed E-state index contributed by atoms with van der Waals surface area (Å²) in [5.41, 5.74) is 1.22. The molecular formula is C22H30N4O4S. The summed E-state index contributed by atoms with van der Waals surface area (Å²) in [6.45, 7) is 6.69. The molecule has 3 rings (SSSR count). The molecule has 0 amide bonds. The van der Waals surface area contributed by atoms with Gasteiger partial charge in [0.15, 0.2) is 17.5 Å². The van der Waals surface area contributed by atoms with Gasteiger partial charge in [0.1, 0.15) is 0 Å². The van der Waals surface area contributed by atoms with Crippen molar-refractivity contribution in [1.82, 2.24) is 15.4 Å². The first-order chi connectivity index (χ1) is 14.7. The van der Waals surface area contributed by atoms with Gasteiger partial charge in [0, 0.05) is 25.7 Å². The summed E-state index contributed by atoms with van der Waals surface area (Å²) in [6.07, 6.45) is 0.776. The molecular weight excluding hydrogens is 416 g/mol. The number of rotatable bonds is 7. The molecule has 3 N–H and O–H groups in total. The smallest absolute Gasteiger partial charge is 0.241 e. The maximum absolute atomic E-state index is 12.8. The van der Waals surface area contributed by atoms with Gasteiger partial charge in [-0.15, -0.1) is 0 Å². The molecule has 0 saturated heterocycles. The summed E-state index contributed by atoms with van der Waals surface area (Å²) in [7, 11) is -1.95. The predicted octanol–water partition coefficient (Wildman–Crippen LogP) is 2.40. The van der Waals surface area contributed by atoms with Crippen LogP contribution in [0.15, 0.2) is 52.4 Å². The molecule has 1 aliphatic heterocycles. The molecule has 8 nitrogen and oxygen atoms in total. The molecule has 0 saturated carbocycles. The molecule has 0 unspecified atom stereocenters. The molecule has 0 aromatic heterocycles. The van der Waals surface area contributed by atoms with E-state index in [-0.39, 0.29) is 11.7 Å². The second-order valence-electron chi connectivity index (χ2n) is 8.25. The summed E-state index contributed by atoms with van der Waals surface area (Å²) in [5, 5.41) is 6.45. The lowest BCUT2D eigenvalue weighted by Gasteiger charge is -2.22. The van der Waals surface area contributed by atoms with Gasteiger partial charge in [-0.05, 0) is 56.5 Å². The van der Waals surface area contributed by atoms with Gasteiger partial charge in [0.05, 0.1) is 4.90 Å². The Bertz CT molecular complexity index is 1050. The van der Waals surface area contributed by atoms with Crippen LogP contribution in [-0.4, -0.2) is 40.3 Å². The first-order valence-corrected chi connectivity index (χ1v) is 11.6. The molecule has 0 spiro atoms. The Morgan fingerprint density at radius 2 is 1.81 bits per heavy atom. The average molecular weight is 447 g/mol. The molecule has 0 fully saturated rings. The molecule has 9 heteroatoms. The van der Waals surface area contributed by atoms with Crippen LogP contribution < -0.4 is 24.8 Å². The summed E-state index contributed by atoms with van der Waals surface area (Å²) in [5.74, 6) is 2.13. The van der Waals surface area contributed by atoms with Crippen LogP contribution in [0.25, 0.3) is 0 Å². The van der Waals surface area contributed by atoms with Gasteiger partial charge in [-0.3, -0.25) is 4.99 Å². The number of benzene rings is 2. The first-order valence-electron chi connectivity index (χ1n) is 10.1. The Hall–Kier alpha value is -2.78. The van der Waals surface area contributed by atoms with Crippen LogP contribution in [0.3, 0.4) is 0 Å². The van der Waals surface area contributed by atoms with E-state index >= 15 is 0 Å². The molecule has 0 radical (unpaired) electrons. The second-order valence-corrected chi connectivity index (χ2v) is 9.90. The van der Waals surface area contributed by atoms with Crippen molar-refractivity contribution >= 4 is 16.0 Å². The minimum atomic E-state index is -3.63. The van der Waals surface area contributed by atoms with Gasteiger partial charge in [0.2, 0.25) is 16.8 Å². The van der Waals surface area contributed by atoms with Gasteiger partial charge in [0.25, 0.3) is 0 Å². The maximum atomic E-state index is 12.8. The molecule has 2 aromatic rings. The topological polar surface area (TPSA) is 101 Å². The number of ether oxygens (including phenoxy) is 2. The van der Waals surface area contributed by atoms with Crippen molar-refractivity contribution in [3.05, 3.63) is 53.6 Å². The van der Waals surface area contributed by atoms with E-state index in [0.717, 1.165) is 23.5 Å². The largest absolute Gasteiger partial charge is 0.454 e. The number of guanidine groups is 1.